The second-order valence-electron chi connectivity index (χ2n) is 5.67. The first-order valence-corrected chi connectivity index (χ1v) is 7.01. The number of rotatable bonds is 4. The predicted molar refractivity (Wildman–Crippen MR) is 72.7 cm³/mol. The Morgan fingerprint density at radius 1 is 1.50 bits per heavy atom. The molecule has 1 aromatic heterocycles. The number of nitrogens with zero attached hydrogens (tertiary/aromatic N) is 2. The quantitative estimate of drug-likeness (QED) is 0.892. The summed E-state index contributed by atoms with van der Waals surface area (Å²) in [5, 5.41) is 0. The zero-order valence-electron chi connectivity index (χ0n) is 11.7. The van der Waals surface area contributed by atoms with Gasteiger partial charge in [-0.15, -0.1) is 0 Å². The number of piperidine rings is 1. The Balaban J connectivity index is 2.04. The molecular weight excluding hydrogens is 226 g/mol. The lowest BCUT2D eigenvalue weighted by Gasteiger charge is -2.34. The summed E-state index contributed by atoms with van der Waals surface area (Å²) < 4.78 is 5.89. The lowest BCUT2D eigenvalue weighted by molar-refractivity contribution is 0.156. The van der Waals surface area contributed by atoms with Crippen molar-refractivity contribution < 1.29 is 4.42 Å². The van der Waals surface area contributed by atoms with Crippen LogP contribution in [0, 0.1) is 0 Å². The fourth-order valence-electron chi connectivity index (χ4n) is 2.51. The van der Waals surface area contributed by atoms with Gasteiger partial charge >= 0.3 is 0 Å². The summed E-state index contributed by atoms with van der Waals surface area (Å²) in [4.78, 5) is 6.96. The minimum Gasteiger partial charge on any atom is -0.445 e. The molecule has 0 bridgehead atoms. The summed E-state index contributed by atoms with van der Waals surface area (Å²) in [5.41, 5.74) is 5.66. The number of aromatic nitrogens is 1. The standard InChI is InChI=1S/C14H25N3O/c1-10(2)17-6-4-5-12(9-17)14-16-8-13(18-14)11(3)7-15/h8,10-12H,4-7,9,15H2,1-3H3. The van der Waals surface area contributed by atoms with Gasteiger partial charge in [0.2, 0.25) is 0 Å². The van der Waals surface area contributed by atoms with E-state index in [0.717, 1.165) is 18.2 Å². The zero-order chi connectivity index (χ0) is 13.1. The van der Waals surface area contributed by atoms with E-state index in [4.69, 9.17) is 10.2 Å². The van der Waals surface area contributed by atoms with Crippen LogP contribution in [0.3, 0.4) is 0 Å². The molecule has 1 saturated heterocycles. The van der Waals surface area contributed by atoms with Crippen LogP contribution < -0.4 is 5.73 Å². The van der Waals surface area contributed by atoms with Crippen LogP contribution in [-0.2, 0) is 0 Å². The molecule has 0 spiro atoms. The molecule has 2 unspecified atom stereocenters. The maximum atomic E-state index is 5.89. The molecule has 1 aromatic rings. The van der Waals surface area contributed by atoms with Crippen molar-refractivity contribution in [3.63, 3.8) is 0 Å². The minimum atomic E-state index is 0.260. The number of oxazole rings is 1. The lowest BCUT2D eigenvalue weighted by atomic mass is 9.97. The van der Waals surface area contributed by atoms with Crippen LogP contribution in [0.1, 0.15) is 57.1 Å². The molecule has 4 nitrogen and oxygen atoms in total. The fourth-order valence-corrected chi connectivity index (χ4v) is 2.51. The van der Waals surface area contributed by atoms with Crippen molar-refractivity contribution in [1.82, 2.24) is 9.88 Å². The van der Waals surface area contributed by atoms with Crippen LogP contribution in [0.2, 0.25) is 0 Å². The Kier molecular flexibility index (Phi) is 4.40. The largest absolute Gasteiger partial charge is 0.445 e. The summed E-state index contributed by atoms with van der Waals surface area (Å²) in [6.07, 6.45) is 4.26. The highest BCUT2D eigenvalue weighted by Crippen LogP contribution is 2.28. The van der Waals surface area contributed by atoms with Crippen LogP contribution >= 0.6 is 0 Å². The Morgan fingerprint density at radius 2 is 2.28 bits per heavy atom. The van der Waals surface area contributed by atoms with Crippen LogP contribution in [0.4, 0.5) is 0 Å². The average molecular weight is 251 g/mol. The Labute approximate surface area is 110 Å². The Bertz CT molecular complexity index is 375. The van der Waals surface area contributed by atoms with Gasteiger partial charge in [0.1, 0.15) is 5.76 Å². The minimum absolute atomic E-state index is 0.260. The van der Waals surface area contributed by atoms with Gasteiger partial charge in [-0.1, -0.05) is 6.92 Å². The fraction of sp³-hybridized carbons (Fsp3) is 0.786. The monoisotopic (exact) mass is 251 g/mol. The van der Waals surface area contributed by atoms with Crippen molar-refractivity contribution in [3.8, 4) is 0 Å². The molecule has 2 atom stereocenters. The molecule has 1 fully saturated rings. The molecule has 4 heteroatoms. The smallest absolute Gasteiger partial charge is 0.198 e. The third kappa shape index (κ3) is 2.93. The molecular formula is C14H25N3O. The topological polar surface area (TPSA) is 55.3 Å². The molecule has 0 saturated carbocycles. The van der Waals surface area contributed by atoms with E-state index in [1.165, 1.54) is 19.4 Å². The molecule has 0 amide bonds. The molecule has 0 aromatic carbocycles. The van der Waals surface area contributed by atoms with E-state index in [1.54, 1.807) is 0 Å². The highest BCUT2D eigenvalue weighted by Gasteiger charge is 2.26. The second-order valence-corrected chi connectivity index (χ2v) is 5.67. The normalized spacial score (nSPS) is 23.5. The van der Waals surface area contributed by atoms with Gasteiger partial charge in [0.05, 0.1) is 6.20 Å². The van der Waals surface area contributed by atoms with E-state index in [1.807, 2.05) is 6.20 Å². The number of nitrogens with two attached hydrogens (primary N) is 1. The van der Waals surface area contributed by atoms with Gasteiger partial charge in [0.25, 0.3) is 0 Å². The number of likely N-dealkylation sites (tertiary alicyclic amines) is 1. The van der Waals surface area contributed by atoms with Crippen molar-refractivity contribution in [3.05, 3.63) is 17.8 Å². The van der Waals surface area contributed by atoms with Crippen LogP contribution in [0.25, 0.3) is 0 Å². The maximum Gasteiger partial charge on any atom is 0.198 e. The van der Waals surface area contributed by atoms with E-state index < -0.39 is 0 Å². The van der Waals surface area contributed by atoms with Gasteiger partial charge in [-0.25, -0.2) is 4.98 Å². The first kappa shape index (κ1) is 13.6. The van der Waals surface area contributed by atoms with Gasteiger partial charge in [-0.3, -0.25) is 0 Å². The summed E-state index contributed by atoms with van der Waals surface area (Å²) in [5.74, 6) is 2.53. The average Bonchev–Trinajstić information content (AvgIpc) is 2.87. The third-order valence-electron chi connectivity index (χ3n) is 3.91. The molecule has 0 radical (unpaired) electrons. The van der Waals surface area contributed by atoms with E-state index in [9.17, 15) is 0 Å². The molecule has 2 heterocycles. The molecule has 1 aliphatic heterocycles. The van der Waals surface area contributed by atoms with Crippen molar-refractivity contribution in [2.24, 2.45) is 5.73 Å². The highest BCUT2D eigenvalue weighted by atomic mass is 16.4. The van der Waals surface area contributed by atoms with Gasteiger partial charge in [0, 0.05) is 31.0 Å². The summed E-state index contributed by atoms with van der Waals surface area (Å²) >= 11 is 0. The zero-order valence-corrected chi connectivity index (χ0v) is 11.7. The molecule has 2 rings (SSSR count). The van der Waals surface area contributed by atoms with E-state index in [2.05, 4.69) is 30.7 Å². The predicted octanol–water partition coefficient (Wildman–Crippen LogP) is 2.32. The van der Waals surface area contributed by atoms with E-state index in [-0.39, 0.29) is 5.92 Å². The molecule has 2 N–H and O–H groups in total. The van der Waals surface area contributed by atoms with Gasteiger partial charge in [-0.2, -0.15) is 0 Å². The lowest BCUT2D eigenvalue weighted by Crippen LogP contribution is -2.39. The van der Waals surface area contributed by atoms with Crippen LogP contribution in [0.15, 0.2) is 10.6 Å². The summed E-state index contributed by atoms with van der Waals surface area (Å²) in [7, 11) is 0. The first-order chi connectivity index (χ1) is 8.61. The first-order valence-electron chi connectivity index (χ1n) is 7.01. The molecule has 18 heavy (non-hydrogen) atoms. The van der Waals surface area contributed by atoms with E-state index in [0.29, 0.717) is 18.5 Å². The number of hydrogen-bond acceptors (Lipinski definition) is 4. The number of hydrogen-bond donors (Lipinski definition) is 1. The SMILES string of the molecule is CC(CN)c1cnc(C2CCCN(C(C)C)C2)o1. The third-order valence-corrected chi connectivity index (χ3v) is 3.91. The second kappa shape index (κ2) is 5.85. The van der Waals surface area contributed by atoms with Crippen molar-refractivity contribution >= 4 is 0 Å². The molecule has 102 valence electrons. The van der Waals surface area contributed by atoms with Crippen LogP contribution in [0.5, 0.6) is 0 Å². The van der Waals surface area contributed by atoms with Crippen molar-refractivity contribution in [2.75, 3.05) is 19.6 Å². The Morgan fingerprint density at radius 3 is 2.94 bits per heavy atom. The van der Waals surface area contributed by atoms with Crippen molar-refractivity contribution in [2.45, 2.75) is 51.5 Å². The van der Waals surface area contributed by atoms with Crippen LogP contribution in [-0.4, -0.2) is 35.6 Å². The van der Waals surface area contributed by atoms with E-state index >= 15 is 0 Å². The van der Waals surface area contributed by atoms with Gasteiger partial charge < -0.3 is 15.1 Å². The van der Waals surface area contributed by atoms with Crippen molar-refractivity contribution in [1.29, 1.82) is 0 Å². The summed E-state index contributed by atoms with van der Waals surface area (Å²) in [6, 6.07) is 0.602. The van der Waals surface area contributed by atoms with Gasteiger partial charge in [-0.05, 0) is 33.2 Å². The van der Waals surface area contributed by atoms with Gasteiger partial charge in [0.15, 0.2) is 5.89 Å². The molecule has 0 aliphatic carbocycles. The maximum absolute atomic E-state index is 5.89. The molecule has 1 aliphatic rings. The Hall–Kier alpha value is -0.870. The summed E-state index contributed by atoms with van der Waals surface area (Å²) in [6.45, 7) is 9.44. The highest BCUT2D eigenvalue weighted by molar-refractivity contribution is 5.05.